The van der Waals surface area contributed by atoms with Crippen LogP contribution in [0.25, 0.3) is 11.3 Å². The molecule has 9 heteroatoms. The van der Waals surface area contributed by atoms with E-state index in [9.17, 15) is 26.0 Å². The quantitative estimate of drug-likeness (QED) is 0.473. The monoisotopic (exact) mass is 430 g/mol. The van der Waals surface area contributed by atoms with Crippen molar-refractivity contribution in [1.82, 2.24) is 0 Å². The van der Waals surface area contributed by atoms with Crippen LogP contribution in [0.2, 0.25) is 0 Å². The molecule has 0 atom stereocenters. The number of hydrogen-bond acceptors (Lipinski definition) is 4. The van der Waals surface area contributed by atoms with Crippen LogP contribution in [0.15, 0.2) is 48.5 Å². The summed E-state index contributed by atoms with van der Waals surface area (Å²) in [4.78, 5) is 0. The average Bonchev–Trinajstić information content (AvgIpc) is 2.87. The summed E-state index contributed by atoms with van der Waals surface area (Å²) >= 11 is 0. The molecule has 0 heterocycles. The Morgan fingerprint density at radius 3 is 2.34 bits per heavy atom. The van der Waals surface area contributed by atoms with Crippen molar-refractivity contribution in [2.24, 2.45) is 0 Å². The molecule has 1 aliphatic rings. The van der Waals surface area contributed by atoms with Crippen LogP contribution in [0.4, 0.5) is 17.6 Å². The number of allylic oxidation sites excluding steroid dienone is 1. The van der Waals surface area contributed by atoms with Gasteiger partial charge in [-0.15, -0.1) is 0 Å². The van der Waals surface area contributed by atoms with Crippen molar-refractivity contribution in [2.45, 2.75) is 30.9 Å². The van der Waals surface area contributed by atoms with Crippen LogP contribution in [0.5, 0.6) is 5.75 Å². The largest absolute Gasteiger partial charge is 0.497 e. The molecule has 0 saturated carbocycles. The highest BCUT2D eigenvalue weighted by Gasteiger charge is 2.57. The van der Waals surface area contributed by atoms with E-state index in [1.807, 2.05) is 0 Å². The highest BCUT2D eigenvalue weighted by molar-refractivity contribution is 7.88. The van der Waals surface area contributed by atoms with E-state index < -0.39 is 21.8 Å². The molecule has 2 aromatic carbocycles. The minimum atomic E-state index is -5.95. The van der Waals surface area contributed by atoms with E-state index in [-0.39, 0.29) is 11.3 Å². The lowest BCUT2D eigenvalue weighted by Gasteiger charge is -2.20. The molecule has 1 aliphatic carbocycles. The fourth-order valence-corrected chi connectivity index (χ4v) is 3.88. The number of alkyl halides is 4. The molecule has 2 aromatic rings. The van der Waals surface area contributed by atoms with Gasteiger partial charge in [0.25, 0.3) is 0 Å². The first-order chi connectivity index (χ1) is 13.7. The lowest BCUT2D eigenvalue weighted by Crippen LogP contribution is -2.37. The summed E-state index contributed by atoms with van der Waals surface area (Å²) in [6.45, 7) is 0. The van der Waals surface area contributed by atoms with Crippen LogP contribution in [-0.4, -0.2) is 27.2 Å². The predicted molar refractivity (Wildman–Crippen MR) is 100 cm³/mol. The Kier molecular flexibility index (Phi) is 5.88. The van der Waals surface area contributed by atoms with E-state index in [4.69, 9.17) is 8.92 Å². The van der Waals surface area contributed by atoms with Gasteiger partial charge < -0.3 is 8.92 Å². The molecule has 0 N–H and O–H groups in total. The summed E-state index contributed by atoms with van der Waals surface area (Å²) in [5.74, 6) is 0.124. The zero-order valence-corrected chi connectivity index (χ0v) is 16.2. The summed E-state index contributed by atoms with van der Waals surface area (Å²) in [5, 5.41) is -5.35. The Hall–Kier alpha value is -2.55. The number of hydrogen-bond donors (Lipinski definition) is 0. The third-order valence-electron chi connectivity index (χ3n) is 4.61. The van der Waals surface area contributed by atoms with E-state index in [0.29, 0.717) is 41.7 Å². The Morgan fingerprint density at radius 2 is 1.72 bits per heavy atom. The van der Waals surface area contributed by atoms with Gasteiger partial charge in [-0.3, -0.25) is 0 Å². The van der Waals surface area contributed by atoms with Crippen molar-refractivity contribution in [2.75, 3.05) is 7.11 Å². The smallest absolute Gasteiger partial charge is 0.439 e. The molecular formula is C20H18F4O4S. The number of rotatable bonds is 6. The summed E-state index contributed by atoms with van der Waals surface area (Å²) in [6, 6.07) is 13.1. The maximum Gasteiger partial charge on any atom is 0.439 e. The zero-order valence-electron chi connectivity index (χ0n) is 15.4. The SMILES string of the molecule is COc1ccc2c(c1)CCCC(c1ccccc1)=C2OS(=O)(=O)C(F)(F)C(F)F. The number of halogens is 4. The molecule has 0 fully saturated rings. The average molecular weight is 430 g/mol. The van der Waals surface area contributed by atoms with Gasteiger partial charge in [0, 0.05) is 11.1 Å². The number of methoxy groups -OCH3 is 1. The van der Waals surface area contributed by atoms with Gasteiger partial charge in [0.15, 0.2) is 5.76 Å². The molecule has 3 rings (SSSR count). The van der Waals surface area contributed by atoms with Gasteiger partial charge in [0.1, 0.15) is 5.75 Å². The topological polar surface area (TPSA) is 52.6 Å². The van der Waals surface area contributed by atoms with Crippen molar-refractivity contribution in [3.8, 4) is 5.75 Å². The lowest BCUT2D eigenvalue weighted by molar-refractivity contribution is -0.0686. The van der Waals surface area contributed by atoms with Crippen LogP contribution in [0.3, 0.4) is 0 Å². The molecule has 29 heavy (non-hydrogen) atoms. The van der Waals surface area contributed by atoms with Crippen molar-refractivity contribution in [1.29, 1.82) is 0 Å². The minimum absolute atomic E-state index is 0.246. The van der Waals surface area contributed by atoms with Gasteiger partial charge in [0.05, 0.1) is 7.11 Å². The molecule has 4 nitrogen and oxygen atoms in total. The summed E-state index contributed by atoms with van der Waals surface area (Å²) in [7, 11) is -4.49. The molecule has 0 bridgehead atoms. The van der Waals surface area contributed by atoms with Crippen molar-refractivity contribution < 1.29 is 34.9 Å². The second kappa shape index (κ2) is 8.06. The number of ether oxygens (including phenoxy) is 1. The van der Waals surface area contributed by atoms with E-state index in [0.717, 1.165) is 0 Å². The minimum Gasteiger partial charge on any atom is -0.497 e. The highest BCUT2D eigenvalue weighted by Crippen LogP contribution is 2.41. The maximum absolute atomic E-state index is 13.7. The zero-order chi connectivity index (χ0) is 21.2. The van der Waals surface area contributed by atoms with Crippen LogP contribution in [0, 0.1) is 0 Å². The van der Waals surface area contributed by atoms with E-state index >= 15 is 0 Å². The van der Waals surface area contributed by atoms with Gasteiger partial charge in [-0.25, -0.2) is 8.78 Å². The Morgan fingerprint density at radius 1 is 1.03 bits per heavy atom. The molecular weight excluding hydrogens is 412 g/mol. The van der Waals surface area contributed by atoms with Gasteiger partial charge in [-0.05, 0) is 48.6 Å². The highest BCUT2D eigenvalue weighted by atomic mass is 32.2. The summed E-state index contributed by atoms with van der Waals surface area (Å²) in [5.41, 5.74) is 1.77. The van der Waals surface area contributed by atoms with Crippen LogP contribution in [0.1, 0.15) is 29.5 Å². The molecule has 0 saturated heterocycles. The van der Waals surface area contributed by atoms with E-state index in [1.165, 1.54) is 19.2 Å². The van der Waals surface area contributed by atoms with Gasteiger partial charge >= 0.3 is 21.8 Å². The first-order valence-electron chi connectivity index (χ1n) is 8.73. The first-order valence-corrected chi connectivity index (χ1v) is 10.1. The van der Waals surface area contributed by atoms with E-state index in [1.54, 1.807) is 36.4 Å². The Labute approximate surface area is 165 Å². The van der Waals surface area contributed by atoms with Gasteiger partial charge in [0.2, 0.25) is 0 Å². The predicted octanol–water partition coefficient (Wildman–Crippen LogP) is 5.10. The first kappa shape index (κ1) is 21.2. The van der Waals surface area contributed by atoms with Gasteiger partial charge in [-0.2, -0.15) is 17.2 Å². The third kappa shape index (κ3) is 4.10. The molecule has 0 aliphatic heterocycles. The van der Waals surface area contributed by atoms with Crippen LogP contribution in [-0.2, 0) is 20.7 Å². The second-order valence-corrected chi connectivity index (χ2v) is 8.07. The Balaban J connectivity index is 2.22. The van der Waals surface area contributed by atoms with E-state index in [2.05, 4.69) is 0 Å². The van der Waals surface area contributed by atoms with Crippen molar-refractivity contribution in [3.05, 3.63) is 65.2 Å². The fraction of sp³-hybridized carbons (Fsp3) is 0.300. The fourth-order valence-electron chi connectivity index (χ4n) is 3.14. The number of benzene rings is 2. The molecule has 0 unspecified atom stereocenters. The molecule has 156 valence electrons. The summed E-state index contributed by atoms with van der Waals surface area (Å²) in [6.07, 6.45) is -3.04. The molecule has 0 amide bonds. The van der Waals surface area contributed by atoms with Crippen LogP contribution >= 0.6 is 0 Å². The maximum atomic E-state index is 13.7. The van der Waals surface area contributed by atoms with Crippen molar-refractivity contribution in [3.63, 3.8) is 0 Å². The van der Waals surface area contributed by atoms with Crippen LogP contribution < -0.4 is 4.74 Å². The lowest BCUT2D eigenvalue weighted by atomic mass is 9.99. The number of aryl methyl sites for hydroxylation is 1. The summed E-state index contributed by atoms with van der Waals surface area (Å²) < 4.78 is 86.9. The number of fused-ring (bicyclic) bond motifs is 1. The molecule has 0 aromatic heterocycles. The standard InChI is InChI=1S/C20H18F4O4S/c1-27-15-10-11-17-14(12-15)8-5-9-16(13-6-3-2-4-7-13)18(17)28-29(25,26)20(23,24)19(21)22/h2-4,6-7,10-12,19H,5,8-9H2,1H3. The normalized spacial score (nSPS) is 15.1. The Bertz CT molecular complexity index is 1020. The second-order valence-electron chi connectivity index (χ2n) is 6.45. The van der Waals surface area contributed by atoms with Crippen molar-refractivity contribution >= 4 is 21.5 Å². The molecule has 0 spiro atoms. The molecule has 0 radical (unpaired) electrons. The third-order valence-corrected chi connectivity index (χ3v) is 5.84. The van der Waals surface area contributed by atoms with Gasteiger partial charge in [-0.1, -0.05) is 30.3 Å².